The number of ether oxygens (including phenoxy) is 2. The number of unbranched alkanes of at least 4 members (excludes halogenated alkanes) is 2. The molecule has 0 spiro atoms. The summed E-state index contributed by atoms with van der Waals surface area (Å²) in [6.45, 7) is 0.857. The van der Waals surface area contributed by atoms with Crippen LogP contribution in [0.4, 0.5) is 26.3 Å². The Hall–Kier alpha value is -3.53. The Bertz CT molecular complexity index is 2860. The topological polar surface area (TPSA) is 112 Å². The molecule has 0 saturated heterocycles. The summed E-state index contributed by atoms with van der Waals surface area (Å²) in [5.41, 5.74) is 1.50. The highest BCUT2D eigenvalue weighted by Crippen LogP contribution is 2.50. The van der Waals surface area contributed by atoms with Crippen molar-refractivity contribution in [2.45, 2.75) is 79.8 Å². The second kappa shape index (κ2) is 19.5. The Morgan fingerprint density at radius 2 is 1.21 bits per heavy atom. The second-order valence-corrected chi connectivity index (χ2v) is 21.3. The van der Waals surface area contributed by atoms with Crippen LogP contribution in [0.15, 0.2) is 58.1 Å². The maximum atomic E-state index is 15.1. The van der Waals surface area contributed by atoms with Crippen molar-refractivity contribution in [3.05, 3.63) is 96.5 Å². The molecule has 2 aromatic carbocycles. The van der Waals surface area contributed by atoms with Crippen LogP contribution in [-0.2, 0) is 23.0 Å². The van der Waals surface area contributed by atoms with Crippen LogP contribution >= 0.6 is 69.1 Å². The molecule has 2 atom stereocenters. The SMILES string of the molecule is CN(CCCCC(c1nn(-c2ccc(Cl)cc2Cl)c2c1CCOc1ccsc1-2)C(F)(F)F)CCCCC(c1nn(-c2ccc(Cl)cc2Cl)c2c1CCOc1cc(S(=O)(=O)O)sc1-2)C(F)(F)F. The molecule has 0 fully saturated rings. The molecule has 6 aromatic rings. The van der Waals surface area contributed by atoms with E-state index in [-0.39, 0.29) is 106 Å². The fourth-order valence-electron chi connectivity index (χ4n) is 8.45. The van der Waals surface area contributed by atoms with Gasteiger partial charge in [-0.3, -0.25) is 4.55 Å². The summed E-state index contributed by atoms with van der Waals surface area (Å²) in [7, 11) is -2.91. The van der Waals surface area contributed by atoms with E-state index in [2.05, 4.69) is 10.2 Å². The number of nitrogens with zero attached hydrogens (tertiary/aromatic N) is 5. The molecule has 66 heavy (non-hydrogen) atoms. The number of benzene rings is 2. The summed E-state index contributed by atoms with van der Waals surface area (Å²) in [4.78, 5) is 2.69. The van der Waals surface area contributed by atoms with Gasteiger partial charge in [-0.2, -0.15) is 45.0 Å². The normalized spacial score (nSPS) is 15.0. The van der Waals surface area contributed by atoms with Crippen molar-refractivity contribution in [3.63, 3.8) is 0 Å². The Morgan fingerprint density at radius 1 is 0.727 bits per heavy atom. The zero-order chi connectivity index (χ0) is 47.3. The average molecular weight is 1060 g/mol. The molecule has 8 rings (SSSR count). The molecule has 2 unspecified atom stereocenters. The Kier molecular flexibility index (Phi) is 14.4. The summed E-state index contributed by atoms with van der Waals surface area (Å²) in [6.07, 6.45) is -8.68. The molecule has 0 aliphatic carbocycles. The number of rotatable bonds is 15. The highest BCUT2D eigenvalue weighted by atomic mass is 35.5. The first kappa shape index (κ1) is 48.9. The highest BCUT2D eigenvalue weighted by molar-refractivity contribution is 7.88. The number of hydrogen-bond acceptors (Lipinski definition) is 9. The van der Waals surface area contributed by atoms with Crippen LogP contribution < -0.4 is 9.47 Å². The van der Waals surface area contributed by atoms with Crippen LogP contribution in [0.5, 0.6) is 11.5 Å². The Balaban J connectivity index is 0.956. The Morgan fingerprint density at radius 3 is 1.68 bits per heavy atom. The number of halogens is 10. The third-order valence-corrected chi connectivity index (χ3v) is 15.9. The largest absolute Gasteiger partial charge is 0.492 e. The van der Waals surface area contributed by atoms with Crippen molar-refractivity contribution in [1.29, 1.82) is 0 Å². The van der Waals surface area contributed by atoms with Gasteiger partial charge in [0, 0.05) is 40.1 Å². The van der Waals surface area contributed by atoms with E-state index in [0.29, 0.717) is 69.9 Å². The van der Waals surface area contributed by atoms with Crippen LogP contribution in [0.2, 0.25) is 20.1 Å². The molecule has 2 aliphatic rings. The van der Waals surface area contributed by atoms with E-state index in [1.807, 2.05) is 4.90 Å². The van der Waals surface area contributed by atoms with Gasteiger partial charge in [-0.25, -0.2) is 9.36 Å². The minimum atomic E-state index is -4.74. The summed E-state index contributed by atoms with van der Waals surface area (Å²) < 4.78 is 138. The number of fused-ring (bicyclic) bond motifs is 6. The molecule has 23 heteroatoms. The van der Waals surface area contributed by atoms with Gasteiger partial charge in [0.15, 0.2) is 4.21 Å². The van der Waals surface area contributed by atoms with Crippen molar-refractivity contribution in [2.24, 2.45) is 0 Å². The zero-order valence-electron chi connectivity index (χ0n) is 34.7. The zero-order valence-corrected chi connectivity index (χ0v) is 40.1. The molecule has 10 nitrogen and oxygen atoms in total. The summed E-state index contributed by atoms with van der Waals surface area (Å²) in [6, 6.07) is 12.0. The van der Waals surface area contributed by atoms with Crippen molar-refractivity contribution in [1.82, 2.24) is 24.5 Å². The molecular formula is C43H39Cl4F6N5O5S3. The number of aromatic nitrogens is 4. The maximum Gasteiger partial charge on any atom is 0.397 e. The van der Waals surface area contributed by atoms with E-state index in [0.717, 1.165) is 6.07 Å². The third kappa shape index (κ3) is 10.2. The molecular weight excluding hydrogens is 1020 g/mol. The number of thiophene rings is 2. The van der Waals surface area contributed by atoms with Crippen LogP contribution in [0.3, 0.4) is 0 Å². The van der Waals surface area contributed by atoms with Crippen LogP contribution in [0.1, 0.15) is 72.9 Å². The van der Waals surface area contributed by atoms with Gasteiger partial charge in [0.25, 0.3) is 0 Å². The predicted octanol–water partition coefficient (Wildman–Crippen LogP) is 13.5. The van der Waals surface area contributed by atoms with Gasteiger partial charge in [-0.15, -0.1) is 22.7 Å². The molecule has 0 bridgehead atoms. The lowest BCUT2D eigenvalue weighted by Gasteiger charge is -2.22. The average Bonchev–Trinajstić information content (AvgIpc) is 3.98. The number of alkyl halides is 6. The highest BCUT2D eigenvalue weighted by Gasteiger charge is 2.46. The van der Waals surface area contributed by atoms with E-state index < -0.39 is 38.5 Å². The van der Waals surface area contributed by atoms with E-state index in [9.17, 15) is 26.1 Å². The first-order valence-electron chi connectivity index (χ1n) is 20.6. The van der Waals surface area contributed by atoms with E-state index >= 15 is 13.2 Å². The lowest BCUT2D eigenvalue weighted by Crippen LogP contribution is -2.25. The molecule has 0 amide bonds. The lowest BCUT2D eigenvalue weighted by molar-refractivity contribution is -0.154. The minimum Gasteiger partial charge on any atom is -0.492 e. The van der Waals surface area contributed by atoms with Gasteiger partial charge in [0.1, 0.15) is 11.5 Å². The summed E-state index contributed by atoms with van der Waals surface area (Å²) >= 11 is 27.4. The predicted molar refractivity (Wildman–Crippen MR) is 245 cm³/mol. The van der Waals surface area contributed by atoms with Crippen LogP contribution in [-0.4, -0.2) is 83.1 Å². The molecule has 0 radical (unpaired) electrons. The second-order valence-electron chi connectivity index (χ2n) is 16.0. The van der Waals surface area contributed by atoms with E-state index in [1.54, 1.807) is 30.6 Å². The smallest absolute Gasteiger partial charge is 0.397 e. The molecule has 2 aliphatic heterocycles. The molecule has 354 valence electrons. The third-order valence-electron chi connectivity index (χ3n) is 11.5. The van der Waals surface area contributed by atoms with Gasteiger partial charge in [0.05, 0.1) is 79.0 Å². The lowest BCUT2D eigenvalue weighted by atomic mass is 9.92. The van der Waals surface area contributed by atoms with Gasteiger partial charge >= 0.3 is 22.5 Å². The van der Waals surface area contributed by atoms with Crippen molar-refractivity contribution in [3.8, 4) is 44.0 Å². The molecule has 1 N–H and O–H groups in total. The van der Waals surface area contributed by atoms with Gasteiger partial charge in [-0.1, -0.05) is 59.2 Å². The quantitative estimate of drug-likeness (QED) is 0.0615. The summed E-state index contributed by atoms with van der Waals surface area (Å²) in [5.74, 6) is -3.31. The van der Waals surface area contributed by atoms with Gasteiger partial charge in [0.2, 0.25) is 0 Å². The van der Waals surface area contributed by atoms with Crippen molar-refractivity contribution < 1.29 is 48.8 Å². The fourth-order valence-corrected chi connectivity index (χ4v) is 12.1. The summed E-state index contributed by atoms with van der Waals surface area (Å²) in [5, 5.41) is 11.8. The van der Waals surface area contributed by atoms with E-state index in [1.165, 1.54) is 45.0 Å². The first-order valence-corrected chi connectivity index (χ1v) is 25.3. The fraction of sp³-hybridized carbons (Fsp3) is 0.395. The van der Waals surface area contributed by atoms with Gasteiger partial charge in [-0.05, 0) is 93.7 Å². The first-order chi connectivity index (χ1) is 31.2. The van der Waals surface area contributed by atoms with Crippen LogP contribution in [0.25, 0.3) is 32.5 Å². The van der Waals surface area contributed by atoms with Crippen molar-refractivity contribution >= 4 is 79.2 Å². The number of hydrogen-bond donors (Lipinski definition) is 1. The standard InChI is InChI=1S/C43H39Cl4F6N5O5S3/c1-56(15-4-2-6-27(42(48,49)50)36-25-12-17-62-33-14-19-64-40(33)38(25)57(54-36)31-10-8-23(44)20-29(31)46)16-5-3-7-28(43(51,52)53)37-26-13-18-63-34-22-35(66(59,60)61)65-41(34)39(26)58(55-37)32-11-9-24(45)21-30(32)47/h8-11,14,19-22,27-28H,2-7,12-13,15-18H2,1H3,(H,59,60,61). The minimum absolute atomic E-state index is 0.00798. The molecule has 6 heterocycles. The van der Waals surface area contributed by atoms with Crippen molar-refractivity contribution in [2.75, 3.05) is 33.4 Å². The van der Waals surface area contributed by atoms with Gasteiger partial charge < -0.3 is 14.4 Å². The maximum absolute atomic E-state index is 15.1. The molecule has 0 saturated carbocycles. The Labute approximate surface area is 403 Å². The van der Waals surface area contributed by atoms with Crippen LogP contribution in [0, 0.1) is 0 Å². The monoisotopic (exact) mass is 1060 g/mol. The molecule has 4 aromatic heterocycles. The van der Waals surface area contributed by atoms with E-state index in [4.69, 9.17) is 55.9 Å².